The monoisotopic (exact) mass is 378 g/mol. The Bertz CT molecular complexity index is 754. The Morgan fingerprint density at radius 1 is 1.39 bits per heavy atom. The fourth-order valence-corrected chi connectivity index (χ4v) is 4.71. The molecule has 23 heavy (non-hydrogen) atoms. The SMILES string of the molecule is Cc1noc(C)c1S(=O)(=O)NCCSCc1c(F)cccc1Cl. The van der Waals surface area contributed by atoms with E-state index in [0.29, 0.717) is 27.8 Å². The molecule has 0 bridgehead atoms. The van der Waals surface area contributed by atoms with Gasteiger partial charge in [0.25, 0.3) is 0 Å². The molecule has 0 radical (unpaired) electrons. The molecule has 0 aliphatic rings. The van der Waals surface area contributed by atoms with Gasteiger partial charge in [-0.15, -0.1) is 0 Å². The first-order valence-corrected chi connectivity index (χ1v) is 9.77. The maximum Gasteiger partial charge on any atom is 0.245 e. The van der Waals surface area contributed by atoms with E-state index in [1.54, 1.807) is 26.0 Å². The van der Waals surface area contributed by atoms with Crippen molar-refractivity contribution in [2.24, 2.45) is 0 Å². The number of nitrogens with zero attached hydrogens (tertiary/aromatic N) is 1. The van der Waals surface area contributed by atoms with Gasteiger partial charge in [0.2, 0.25) is 10.0 Å². The Labute approximate surface area is 143 Å². The molecule has 2 rings (SSSR count). The van der Waals surface area contributed by atoms with E-state index in [-0.39, 0.29) is 23.0 Å². The number of sulfonamides is 1. The van der Waals surface area contributed by atoms with Crippen molar-refractivity contribution in [3.05, 3.63) is 46.1 Å². The lowest BCUT2D eigenvalue weighted by molar-refractivity contribution is 0.390. The number of rotatable bonds is 7. The maximum atomic E-state index is 13.6. The van der Waals surface area contributed by atoms with Crippen LogP contribution in [0.4, 0.5) is 4.39 Å². The van der Waals surface area contributed by atoms with Crippen molar-refractivity contribution < 1.29 is 17.3 Å². The lowest BCUT2D eigenvalue weighted by Gasteiger charge is -2.07. The molecule has 0 aliphatic heterocycles. The van der Waals surface area contributed by atoms with Gasteiger partial charge in [-0.3, -0.25) is 0 Å². The molecule has 0 aliphatic carbocycles. The Balaban J connectivity index is 1.86. The highest BCUT2D eigenvalue weighted by atomic mass is 35.5. The first-order valence-electron chi connectivity index (χ1n) is 6.76. The van der Waals surface area contributed by atoms with Crippen molar-refractivity contribution in [3.63, 3.8) is 0 Å². The van der Waals surface area contributed by atoms with E-state index >= 15 is 0 Å². The molecule has 1 N–H and O–H groups in total. The van der Waals surface area contributed by atoms with Gasteiger partial charge in [-0.2, -0.15) is 11.8 Å². The molecule has 0 amide bonds. The summed E-state index contributed by atoms with van der Waals surface area (Å²) in [5, 5.41) is 4.00. The Hall–Kier alpha value is -1.09. The molecule has 2 aromatic rings. The van der Waals surface area contributed by atoms with Crippen LogP contribution >= 0.6 is 23.4 Å². The van der Waals surface area contributed by atoms with Gasteiger partial charge >= 0.3 is 0 Å². The van der Waals surface area contributed by atoms with E-state index in [1.807, 2.05) is 0 Å². The van der Waals surface area contributed by atoms with Gasteiger partial charge in [0.15, 0.2) is 5.76 Å². The molecule has 5 nitrogen and oxygen atoms in total. The Kier molecular flexibility index (Phi) is 6.07. The standard InChI is InChI=1S/C14H16ClFN2O3S2/c1-9-14(10(2)21-18-9)23(19,20)17-6-7-22-8-11-12(15)4-3-5-13(11)16/h3-5,17H,6-8H2,1-2H3. The molecule has 1 aromatic heterocycles. The minimum atomic E-state index is -3.66. The summed E-state index contributed by atoms with van der Waals surface area (Å²) >= 11 is 7.33. The predicted molar refractivity (Wildman–Crippen MR) is 88.7 cm³/mol. The highest BCUT2D eigenvalue weighted by Gasteiger charge is 2.23. The van der Waals surface area contributed by atoms with Crippen LogP contribution in [-0.2, 0) is 15.8 Å². The molecule has 1 aromatic carbocycles. The van der Waals surface area contributed by atoms with Crippen molar-refractivity contribution in [1.82, 2.24) is 9.88 Å². The van der Waals surface area contributed by atoms with Gasteiger partial charge in [0.1, 0.15) is 16.4 Å². The number of hydrogen-bond acceptors (Lipinski definition) is 5. The summed E-state index contributed by atoms with van der Waals surface area (Å²) in [7, 11) is -3.66. The third kappa shape index (κ3) is 4.47. The number of hydrogen-bond donors (Lipinski definition) is 1. The minimum Gasteiger partial charge on any atom is -0.360 e. The number of nitrogens with one attached hydrogen (secondary N) is 1. The summed E-state index contributed by atoms with van der Waals surface area (Å²) in [4.78, 5) is 0.0691. The summed E-state index contributed by atoms with van der Waals surface area (Å²) < 4.78 is 45.3. The van der Waals surface area contributed by atoms with Crippen molar-refractivity contribution in [3.8, 4) is 0 Å². The summed E-state index contributed by atoms with van der Waals surface area (Å²) in [6.45, 7) is 3.33. The fourth-order valence-electron chi connectivity index (χ4n) is 2.02. The quantitative estimate of drug-likeness (QED) is 0.748. The molecule has 126 valence electrons. The second kappa shape index (κ2) is 7.65. The van der Waals surface area contributed by atoms with E-state index < -0.39 is 10.0 Å². The molecule has 0 saturated heterocycles. The average molecular weight is 379 g/mol. The molecule has 0 unspecified atom stereocenters. The molecule has 0 spiro atoms. The topological polar surface area (TPSA) is 72.2 Å². The molecule has 1 heterocycles. The van der Waals surface area contributed by atoms with Crippen molar-refractivity contribution in [2.45, 2.75) is 24.5 Å². The van der Waals surface area contributed by atoms with Crippen molar-refractivity contribution in [2.75, 3.05) is 12.3 Å². The van der Waals surface area contributed by atoms with Crippen LogP contribution in [0.3, 0.4) is 0 Å². The van der Waals surface area contributed by atoms with Crippen LogP contribution in [0.1, 0.15) is 17.0 Å². The van der Waals surface area contributed by atoms with Crippen molar-refractivity contribution in [1.29, 1.82) is 0 Å². The highest BCUT2D eigenvalue weighted by Crippen LogP contribution is 2.24. The van der Waals surface area contributed by atoms with E-state index in [2.05, 4.69) is 9.88 Å². The van der Waals surface area contributed by atoms with Crippen molar-refractivity contribution >= 4 is 33.4 Å². The van der Waals surface area contributed by atoms with Crippen LogP contribution in [-0.4, -0.2) is 25.9 Å². The number of thioether (sulfide) groups is 1. The first-order chi connectivity index (χ1) is 10.8. The molecule has 0 saturated carbocycles. The Morgan fingerprint density at radius 2 is 2.13 bits per heavy atom. The van der Waals surface area contributed by atoms with Crippen LogP contribution in [0, 0.1) is 19.7 Å². The average Bonchev–Trinajstić information content (AvgIpc) is 2.81. The molecule has 9 heteroatoms. The van der Waals surface area contributed by atoms with Crippen LogP contribution in [0.2, 0.25) is 5.02 Å². The second-order valence-corrected chi connectivity index (χ2v) is 8.02. The van der Waals surface area contributed by atoms with Gasteiger partial charge in [0, 0.05) is 28.6 Å². The third-order valence-corrected chi connectivity index (χ3v) is 6.13. The fraction of sp³-hybridized carbons (Fsp3) is 0.357. The normalized spacial score (nSPS) is 11.8. The minimum absolute atomic E-state index is 0.0691. The number of benzene rings is 1. The maximum absolute atomic E-state index is 13.6. The number of aromatic nitrogens is 1. The van der Waals surface area contributed by atoms with Gasteiger partial charge in [0.05, 0.1) is 0 Å². The van der Waals surface area contributed by atoms with Crippen LogP contribution in [0.25, 0.3) is 0 Å². The van der Waals surface area contributed by atoms with E-state index in [4.69, 9.17) is 16.1 Å². The zero-order valence-corrected chi connectivity index (χ0v) is 15.0. The second-order valence-electron chi connectivity index (χ2n) is 4.80. The summed E-state index contributed by atoms with van der Waals surface area (Å²) in [5.74, 6) is 0.744. The van der Waals surface area contributed by atoms with Crippen LogP contribution < -0.4 is 4.72 Å². The Morgan fingerprint density at radius 3 is 2.74 bits per heavy atom. The van der Waals surface area contributed by atoms with Crippen LogP contribution in [0.15, 0.2) is 27.6 Å². The summed E-state index contributed by atoms with van der Waals surface area (Å²) in [5.41, 5.74) is 0.744. The molecule has 0 atom stereocenters. The van der Waals surface area contributed by atoms with Gasteiger partial charge in [-0.25, -0.2) is 17.5 Å². The lowest BCUT2D eigenvalue weighted by atomic mass is 10.2. The van der Waals surface area contributed by atoms with Gasteiger partial charge < -0.3 is 4.52 Å². The summed E-state index contributed by atoms with van der Waals surface area (Å²) in [6, 6.07) is 4.52. The largest absolute Gasteiger partial charge is 0.360 e. The first kappa shape index (κ1) is 18.3. The summed E-state index contributed by atoms with van der Waals surface area (Å²) in [6.07, 6.45) is 0. The van der Waals surface area contributed by atoms with E-state index in [9.17, 15) is 12.8 Å². The van der Waals surface area contributed by atoms with Gasteiger partial charge in [-0.05, 0) is 26.0 Å². The zero-order chi connectivity index (χ0) is 17.0. The van der Waals surface area contributed by atoms with Crippen LogP contribution in [0.5, 0.6) is 0 Å². The zero-order valence-electron chi connectivity index (χ0n) is 12.6. The molecule has 0 fully saturated rings. The van der Waals surface area contributed by atoms with E-state index in [1.165, 1.54) is 17.8 Å². The van der Waals surface area contributed by atoms with E-state index in [0.717, 1.165) is 0 Å². The number of halogens is 2. The third-order valence-electron chi connectivity index (χ3n) is 3.08. The predicted octanol–water partition coefficient (Wildman–Crippen LogP) is 3.30. The molecular formula is C14H16ClFN2O3S2. The number of aryl methyl sites for hydroxylation is 2. The molecular weight excluding hydrogens is 363 g/mol. The van der Waals surface area contributed by atoms with Gasteiger partial charge in [-0.1, -0.05) is 22.8 Å². The highest BCUT2D eigenvalue weighted by molar-refractivity contribution is 7.98. The smallest absolute Gasteiger partial charge is 0.245 e. The lowest BCUT2D eigenvalue weighted by Crippen LogP contribution is -2.26.